The van der Waals surface area contributed by atoms with Crippen LogP contribution >= 0.6 is 0 Å². The van der Waals surface area contributed by atoms with Gasteiger partial charge in [-0.3, -0.25) is 0 Å². The highest BCUT2D eigenvalue weighted by Gasteiger charge is 2.42. The van der Waals surface area contributed by atoms with E-state index in [0.717, 1.165) is 0 Å². The van der Waals surface area contributed by atoms with E-state index in [1.807, 2.05) is 0 Å². The molecule has 0 aromatic heterocycles. The van der Waals surface area contributed by atoms with Crippen molar-refractivity contribution in [2.45, 2.75) is 85.5 Å². The van der Waals surface area contributed by atoms with Crippen molar-refractivity contribution in [2.75, 3.05) is 0 Å². The first-order valence-corrected chi connectivity index (χ1v) is 16.0. The van der Waals surface area contributed by atoms with E-state index in [2.05, 4.69) is 166 Å². The quantitative estimate of drug-likeness (QED) is 0.197. The predicted octanol–water partition coefficient (Wildman–Crippen LogP) is 7.26. The van der Waals surface area contributed by atoms with Gasteiger partial charge in [0.15, 0.2) is 8.07 Å². The van der Waals surface area contributed by atoms with Gasteiger partial charge in [-0.1, -0.05) is 165 Å². The van der Waals surface area contributed by atoms with Crippen LogP contribution in [0.25, 0.3) is 0 Å². The van der Waals surface area contributed by atoms with Crippen LogP contribution in [0.15, 0.2) is 97.1 Å². The molecule has 0 aliphatic rings. The number of rotatable bonds is 4. The third-order valence-electron chi connectivity index (χ3n) is 8.04. The minimum Gasteiger partial charge on any atom is -0.0616 e. The van der Waals surface area contributed by atoms with Crippen molar-refractivity contribution in [2.24, 2.45) is 0 Å². The Labute approximate surface area is 233 Å². The predicted molar refractivity (Wildman–Crippen MR) is 171 cm³/mol. The average Bonchev–Trinajstić information content (AvgIpc) is 2.85. The van der Waals surface area contributed by atoms with Crippen molar-refractivity contribution in [3.63, 3.8) is 0 Å². The van der Waals surface area contributed by atoms with Crippen molar-refractivity contribution < 1.29 is 0 Å². The molecule has 0 aliphatic heterocycles. The summed E-state index contributed by atoms with van der Waals surface area (Å²) in [4.78, 5) is 0. The molecule has 0 bridgehead atoms. The second-order valence-electron chi connectivity index (χ2n) is 14.1. The third kappa shape index (κ3) is 5.45. The van der Waals surface area contributed by atoms with Gasteiger partial charge in [0.2, 0.25) is 0 Å². The van der Waals surface area contributed by atoms with E-state index in [1.165, 1.54) is 43.0 Å². The van der Waals surface area contributed by atoms with Crippen LogP contribution in [0.1, 0.15) is 84.6 Å². The normalized spacial score (nSPS) is 13.0. The number of aryl methyl sites for hydroxylation is 1. The molecule has 0 fully saturated rings. The Morgan fingerprint density at radius 3 is 0.763 bits per heavy atom. The Hall–Kier alpha value is -2.90. The first kappa shape index (κ1) is 28.1. The topological polar surface area (TPSA) is 0 Å². The SMILES string of the molecule is Cc1ccc([Si](c2ccc(C(C)(C)C)cc2)(c2ccc(C(C)(C)C)cc2)c2ccc(C(C)(C)C)cc2)cc1. The zero-order valence-corrected chi connectivity index (χ0v) is 26.2. The van der Waals surface area contributed by atoms with Gasteiger partial charge in [-0.05, 0) is 60.6 Å². The highest BCUT2D eigenvalue weighted by Crippen LogP contribution is 2.25. The Morgan fingerprint density at radius 1 is 0.342 bits per heavy atom. The highest BCUT2D eigenvalue weighted by molar-refractivity contribution is 7.19. The lowest BCUT2D eigenvalue weighted by Gasteiger charge is -2.36. The fourth-order valence-electron chi connectivity index (χ4n) is 5.46. The Bertz CT molecular complexity index is 1210. The second kappa shape index (κ2) is 10.0. The summed E-state index contributed by atoms with van der Waals surface area (Å²) in [5.74, 6) is 0. The van der Waals surface area contributed by atoms with Gasteiger partial charge in [0, 0.05) is 0 Å². The summed E-state index contributed by atoms with van der Waals surface area (Å²) in [6.07, 6.45) is 0. The lowest BCUT2D eigenvalue weighted by Crippen LogP contribution is -2.74. The van der Waals surface area contributed by atoms with Gasteiger partial charge < -0.3 is 0 Å². The smallest absolute Gasteiger partial charge is 0.0616 e. The standard InChI is InChI=1S/C37H46Si/c1-27-11-19-31(20-12-27)38(32-21-13-28(14-22-32)35(2,3)4,33-23-15-29(16-24-33)36(5,6)7)34-25-17-30(18-26-34)37(8,9)10/h11-26H,1-10H3. The summed E-state index contributed by atoms with van der Waals surface area (Å²) in [6, 6.07) is 38.0. The van der Waals surface area contributed by atoms with E-state index in [1.54, 1.807) is 0 Å². The summed E-state index contributed by atoms with van der Waals surface area (Å²) < 4.78 is 0. The second-order valence-corrected chi connectivity index (χ2v) is 17.9. The molecule has 0 heterocycles. The molecule has 0 atom stereocenters. The Balaban J connectivity index is 2.07. The van der Waals surface area contributed by atoms with Gasteiger partial charge in [-0.15, -0.1) is 0 Å². The summed E-state index contributed by atoms with van der Waals surface area (Å²) in [5.41, 5.74) is 5.78. The van der Waals surface area contributed by atoms with Gasteiger partial charge in [0.1, 0.15) is 0 Å². The van der Waals surface area contributed by atoms with Gasteiger partial charge in [0.25, 0.3) is 0 Å². The fourth-order valence-corrected chi connectivity index (χ4v) is 10.1. The van der Waals surface area contributed by atoms with Gasteiger partial charge in [0.05, 0.1) is 0 Å². The molecule has 0 unspecified atom stereocenters. The molecule has 4 rings (SSSR count). The minimum absolute atomic E-state index is 0.120. The van der Waals surface area contributed by atoms with Crippen molar-refractivity contribution in [1.29, 1.82) is 0 Å². The molecule has 0 N–H and O–H groups in total. The molecule has 0 spiro atoms. The monoisotopic (exact) mass is 518 g/mol. The highest BCUT2D eigenvalue weighted by atomic mass is 28.3. The zero-order chi connectivity index (χ0) is 27.9. The summed E-state index contributed by atoms with van der Waals surface area (Å²) in [5, 5.41) is 5.72. The van der Waals surface area contributed by atoms with Crippen LogP contribution in [0.5, 0.6) is 0 Å². The van der Waals surface area contributed by atoms with E-state index >= 15 is 0 Å². The molecule has 4 aromatic rings. The van der Waals surface area contributed by atoms with Gasteiger partial charge in [-0.25, -0.2) is 0 Å². The van der Waals surface area contributed by atoms with Crippen LogP contribution in [-0.4, -0.2) is 8.07 Å². The number of hydrogen-bond donors (Lipinski definition) is 0. The van der Waals surface area contributed by atoms with E-state index < -0.39 is 8.07 Å². The first-order chi connectivity index (χ1) is 17.6. The van der Waals surface area contributed by atoms with Crippen LogP contribution in [0.2, 0.25) is 0 Å². The maximum atomic E-state index is 2.42. The molecular formula is C37H46Si. The third-order valence-corrected chi connectivity index (χ3v) is 12.8. The molecule has 0 saturated carbocycles. The molecule has 0 aliphatic carbocycles. The molecule has 0 radical (unpaired) electrons. The lowest BCUT2D eigenvalue weighted by molar-refractivity contribution is 0.590. The van der Waals surface area contributed by atoms with Crippen LogP contribution in [-0.2, 0) is 16.2 Å². The van der Waals surface area contributed by atoms with E-state index in [0.29, 0.717) is 0 Å². The molecule has 0 saturated heterocycles. The van der Waals surface area contributed by atoms with Crippen LogP contribution < -0.4 is 20.7 Å². The van der Waals surface area contributed by atoms with Crippen LogP contribution in [0.4, 0.5) is 0 Å². The van der Waals surface area contributed by atoms with Crippen molar-refractivity contribution >= 4 is 28.8 Å². The van der Waals surface area contributed by atoms with E-state index in [4.69, 9.17) is 0 Å². The molecular weight excluding hydrogens is 472 g/mol. The molecule has 0 nitrogen and oxygen atoms in total. The summed E-state index contributed by atoms with van der Waals surface area (Å²) in [7, 11) is -2.57. The zero-order valence-electron chi connectivity index (χ0n) is 25.2. The van der Waals surface area contributed by atoms with Crippen LogP contribution in [0.3, 0.4) is 0 Å². The maximum Gasteiger partial charge on any atom is 0.179 e. The maximum absolute atomic E-state index is 2.57. The van der Waals surface area contributed by atoms with E-state index in [-0.39, 0.29) is 16.2 Å². The minimum atomic E-state index is -2.57. The summed E-state index contributed by atoms with van der Waals surface area (Å²) in [6.45, 7) is 22.8. The molecule has 198 valence electrons. The molecule has 0 amide bonds. The number of hydrogen-bond acceptors (Lipinski definition) is 0. The summed E-state index contributed by atoms with van der Waals surface area (Å²) >= 11 is 0. The van der Waals surface area contributed by atoms with E-state index in [9.17, 15) is 0 Å². The molecule has 4 aromatic carbocycles. The largest absolute Gasteiger partial charge is 0.179 e. The lowest BCUT2D eigenvalue weighted by atomic mass is 9.87. The Morgan fingerprint density at radius 2 is 0.553 bits per heavy atom. The van der Waals surface area contributed by atoms with Crippen molar-refractivity contribution in [3.8, 4) is 0 Å². The molecule has 38 heavy (non-hydrogen) atoms. The van der Waals surface area contributed by atoms with Crippen LogP contribution in [0, 0.1) is 6.92 Å². The average molecular weight is 519 g/mol. The fraction of sp³-hybridized carbons (Fsp3) is 0.351. The van der Waals surface area contributed by atoms with Gasteiger partial charge >= 0.3 is 0 Å². The Kier molecular flexibility index (Phi) is 7.40. The molecule has 1 heteroatoms. The van der Waals surface area contributed by atoms with Gasteiger partial charge in [-0.2, -0.15) is 0 Å². The first-order valence-electron chi connectivity index (χ1n) is 14.0. The van der Waals surface area contributed by atoms with Crippen molar-refractivity contribution in [1.82, 2.24) is 0 Å². The number of benzene rings is 4. The van der Waals surface area contributed by atoms with Crippen molar-refractivity contribution in [3.05, 3.63) is 119 Å².